The molecule has 46 heavy (non-hydrogen) atoms. The van der Waals surface area contributed by atoms with Gasteiger partial charge in [0.1, 0.15) is 11.7 Å². The van der Waals surface area contributed by atoms with Gasteiger partial charge in [-0.15, -0.1) is 0 Å². The lowest BCUT2D eigenvalue weighted by molar-refractivity contribution is -0.139. The number of halogens is 1. The lowest BCUT2D eigenvalue weighted by Gasteiger charge is -2.28. The molecule has 0 aromatic heterocycles. The van der Waals surface area contributed by atoms with Crippen LogP contribution >= 0.6 is 0 Å². The van der Waals surface area contributed by atoms with Gasteiger partial charge in [0.05, 0.1) is 5.69 Å². The van der Waals surface area contributed by atoms with Crippen LogP contribution in [0.5, 0.6) is 0 Å². The quantitative estimate of drug-likeness (QED) is 0.0364. The molecule has 1 fully saturated rings. The second-order valence-electron chi connectivity index (χ2n) is 13.8. The zero-order valence-electron chi connectivity index (χ0n) is 28.9. The highest BCUT2D eigenvalue weighted by Gasteiger charge is 2.41. The number of ketones is 1. The molecule has 2 aromatic rings. The maximum Gasteiger partial charge on any atom is 0.324 e. The SMILES string of the molecule is CCCCCCCCC=CCCCCCCCCN(Cc1ccc(C(C)(C)C)cc1)C(=Nc1ccc(F)cc1)C1C(=O)COC1=O. The molecule has 1 saturated heterocycles. The van der Waals surface area contributed by atoms with Crippen LogP contribution in [0.1, 0.15) is 129 Å². The molecule has 0 spiro atoms. The van der Waals surface area contributed by atoms with Crippen molar-refractivity contribution in [2.24, 2.45) is 10.9 Å². The number of benzene rings is 2. The molecule has 0 amide bonds. The van der Waals surface area contributed by atoms with Gasteiger partial charge in [0, 0.05) is 13.1 Å². The maximum absolute atomic E-state index is 13.7. The Morgan fingerprint density at radius 3 is 1.93 bits per heavy atom. The van der Waals surface area contributed by atoms with E-state index in [1.54, 1.807) is 12.1 Å². The van der Waals surface area contributed by atoms with E-state index in [1.165, 1.54) is 81.9 Å². The van der Waals surface area contributed by atoms with Gasteiger partial charge in [-0.25, -0.2) is 9.38 Å². The smallest absolute Gasteiger partial charge is 0.324 e. The summed E-state index contributed by atoms with van der Waals surface area (Å²) >= 11 is 0. The van der Waals surface area contributed by atoms with Gasteiger partial charge in [-0.05, 0) is 72.9 Å². The van der Waals surface area contributed by atoms with E-state index in [-0.39, 0.29) is 23.6 Å². The van der Waals surface area contributed by atoms with Gasteiger partial charge < -0.3 is 9.64 Å². The van der Waals surface area contributed by atoms with Crippen molar-refractivity contribution in [3.05, 3.63) is 77.6 Å². The minimum absolute atomic E-state index is 0.0390. The van der Waals surface area contributed by atoms with Gasteiger partial charge >= 0.3 is 5.97 Å². The van der Waals surface area contributed by atoms with Crippen molar-refractivity contribution >= 4 is 23.3 Å². The summed E-state index contributed by atoms with van der Waals surface area (Å²) in [7, 11) is 0. The van der Waals surface area contributed by atoms with E-state index in [0.29, 0.717) is 24.6 Å². The molecule has 1 aliphatic heterocycles. The Balaban J connectivity index is 1.58. The summed E-state index contributed by atoms with van der Waals surface area (Å²) in [6.45, 7) is 9.74. The third kappa shape index (κ3) is 13.2. The molecular formula is C40H57FN2O3. The van der Waals surface area contributed by atoms with Crippen molar-refractivity contribution in [3.8, 4) is 0 Å². The average molecular weight is 633 g/mol. The molecule has 1 aliphatic rings. The van der Waals surface area contributed by atoms with E-state index < -0.39 is 11.9 Å². The molecule has 2 aromatic carbocycles. The fourth-order valence-corrected chi connectivity index (χ4v) is 5.81. The van der Waals surface area contributed by atoms with Crippen LogP contribution < -0.4 is 0 Å². The summed E-state index contributed by atoms with van der Waals surface area (Å²) < 4.78 is 18.8. The molecule has 5 nitrogen and oxygen atoms in total. The van der Waals surface area contributed by atoms with E-state index in [4.69, 9.17) is 9.73 Å². The largest absolute Gasteiger partial charge is 0.457 e. The van der Waals surface area contributed by atoms with E-state index in [0.717, 1.165) is 31.2 Å². The predicted octanol–water partition coefficient (Wildman–Crippen LogP) is 10.4. The van der Waals surface area contributed by atoms with Crippen molar-refractivity contribution in [2.45, 2.75) is 130 Å². The Kier molecular flexibility index (Phi) is 16.2. The number of unbranched alkanes of at least 4 members (excludes halogenated alkanes) is 12. The number of hydrogen-bond donors (Lipinski definition) is 0. The molecule has 0 bridgehead atoms. The normalized spacial score (nSPS) is 15.6. The third-order valence-corrected chi connectivity index (χ3v) is 8.70. The van der Waals surface area contributed by atoms with Crippen LogP contribution in [0.3, 0.4) is 0 Å². The number of esters is 1. The average Bonchev–Trinajstić information content (AvgIpc) is 3.36. The Morgan fingerprint density at radius 2 is 1.39 bits per heavy atom. The monoisotopic (exact) mass is 632 g/mol. The second kappa shape index (κ2) is 20.1. The van der Waals surface area contributed by atoms with Crippen LogP contribution in [0.15, 0.2) is 65.7 Å². The number of hydrogen-bond acceptors (Lipinski definition) is 4. The fourth-order valence-electron chi connectivity index (χ4n) is 5.81. The number of carbonyl (C=O) groups excluding carboxylic acids is 2. The highest BCUT2D eigenvalue weighted by atomic mass is 19.1. The van der Waals surface area contributed by atoms with Gasteiger partial charge in [-0.1, -0.05) is 122 Å². The lowest BCUT2D eigenvalue weighted by Crippen LogP contribution is -2.41. The van der Waals surface area contributed by atoms with Crippen molar-refractivity contribution in [3.63, 3.8) is 0 Å². The number of allylic oxidation sites excluding steroid dienone is 2. The van der Waals surface area contributed by atoms with E-state index in [9.17, 15) is 14.0 Å². The zero-order valence-corrected chi connectivity index (χ0v) is 28.9. The molecule has 6 heteroatoms. The molecule has 0 radical (unpaired) electrons. The van der Waals surface area contributed by atoms with Crippen molar-refractivity contribution in [1.82, 2.24) is 4.90 Å². The van der Waals surface area contributed by atoms with Crippen LogP contribution in [0.2, 0.25) is 0 Å². The Hall–Kier alpha value is -3.28. The predicted molar refractivity (Wildman–Crippen MR) is 188 cm³/mol. The molecule has 1 heterocycles. The minimum atomic E-state index is -1.08. The first-order valence-electron chi connectivity index (χ1n) is 17.7. The molecule has 1 unspecified atom stereocenters. The third-order valence-electron chi connectivity index (χ3n) is 8.70. The summed E-state index contributed by atoms with van der Waals surface area (Å²) in [4.78, 5) is 32.5. The van der Waals surface area contributed by atoms with Gasteiger partial charge in [-0.2, -0.15) is 0 Å². The minimum Gasteiger partial charge on any atom is -0.457 e. The van der Waals surface area contributed by atoms with Crippen LogP contribution in [-0.2, 0) is 26.3 Å². The van der Waals surface area contributed by atoms with Gasteiger partial charge in [-0.3, -0.25) is 9.59 Å². The summed E-state index contributed by atoms with van der Waals surface area (Å²) in [5.74, 6) is -1.92. The Morgan fingerprint density at radius 1 is 0.826 bits per heavy atom. The Labute approximate surface area is 277 Å². The molecular weight excluding hydrogens is 575 g/mol. The number of cyclic esters (lactones) is 1. The standard InChI is InChI=1S/C40H57FN2O3/c1-5-6-7-8-9-10-11-12-13-14-15-16-17-18-19-20-29-43(30-32-21-23-33(24-22-32)40(2,3)4)38(37-36(44)31-46-39(37)45)42-35-27-25-34(41)26-28-35/h12-13,21-28,37H,5-11,14-20,29-31H2,1-4H3. The number of amidine groups is 1. The number of Topliss-reactive ketones (excluding diaryl/α,β-unsaturated/α-hetero) is 1. The second-order valence-corrected chi connectivity index (χ2v) is 13.8. The summed E-state index contributed by atoms with van der Waals surface area (Å²) in [6, 6.07) is 14.3. The van der Waals surface area contributed by atoms with Crippen LogP contribution in [0.25, 0.3) is 0 Å². The van der Waals surface area contributed by atoms with Gasteiger partial charge in [0.15, 0.2) is 18.3 Å². The van der Waals surface area contributed by atoms with E-state index >= 15 is 0 Å². The zero-order chi connectivity index (χ0) is 33.2. The van der Waals surface area contributed by atoms with Gasteiger partial charge in [0.2, 0.25) is 0 Å². The highest BCUT2D eigenvalue weighted by molar-refractivity contribution is 6.21. The molecule has 0 aliphatic carbocycles. The summed E-state index contributed by atoms with van der Waals surface area (Å²) in [6.07, 6.45) is 21.9. The summed E-state index contributed by atoms with van der Waals surface area (Å²) in [5, 5.41) is 0. The van der Waals surface area contributed by atoms with E-state index in [2.05, 4.69) is 69.0 Å². The van der Waals surface area contributed by atoms with Crippen LogP contribution in [0.4, 0.5) is 10.1 Å². The number of aliphatic imine (C=N–C) groups is 1. The van der Waals surface area contributed by atoms with Crippen molar-refractivity contribution < 1.29 is 18.7 Å². The van der Waals surface area contributed by atoms with Crippen LogP contribution in [0, 0.1) is 11.7 Å². The van der Waals surface area contributed by atoms with E-state index in [1.807, 2.05) is 0 Å². The Bertz CT molecular complexity index is 1230. The number of rotatable bonds is 20. The topological polar surface area (TPSA) is 59.0 Å². The first-order chi connectivity index (χ1) is 22.2. The number of nitrogens with zero attached hydrogens (tertiary/aromatic N) is 2. The molecule has 3 rings (SSSR count). The van der Waals surface area contributed by atoms with Crippen molar-refractivity contribution in [2.75, 3.05) is 13.2 Å². The molecule has 0 N–H and O–H groups in total. The summed E-state index contributed by atoms with van der Waals surface area (Å²) in [5.41, 5.74) is 2.85. The molecule has 1 atom stereocenters. The maximum atomic E-state index is 13.7. The molecule has 0 saturated carbocycles. The first-order valence-corrected chi connectivity index (χ1v) is 17.7. The number of carbonyl (C=O) groups is 2. The lowest BCUT2D eigenvalue weighted by atomic mass is 9.86. The molecule has 252 valence electrons. The van der Waals surface area contributed by atoms with Gasteiger partial charge in [0.25, 0.3) is 0 Å². The highest BCUT2D eigenvalue weighted by Crippen LogP contribution is 2.25. The fraction of sp³-hybridized carbons (Fsp3) is 0.575. The van der Waals surface area contributed by atoms with Crippen LogP contribution in [-0.4, -0.2) is 35.6 Å². The number of ether oxygens (including phenoxy) is 1. The van der Waals surface area contributed by atoms with Crippen molar-refractivity contribution in [1.29, 1.82) is 0 Å². The first kappa shape index (κ1) is 37.2.